The van der Waals surface area contributed by atoms with Crippen LogP contribution in [0.2, 0.25) is 0 Å². The second-order valence-electron chi connectivity index (χ2n) is 1.92. The van der Waals surface area contributed by atoms with Gasteiger partial charge in [-0.25, -0.2) is 0 Å². The number of hydrogen-bond acceptors (Lipinski definition) is 3. The normalized spacial score (nSPS) is 8.82. The van der Waals surface area contributed by atoms with Crippen LogP contribution in [0.3, 0.4) is 0 Å². The van der Waals surface area contributed by atoms with E-state index in [2.05, 4.69) is 17.2 Å². The van der Waals surface area contributed by atoms with Gasteiger partial charge in [-0.2, -0.15) is 4.99 Å². The summed E-state index contributed by atoms with van der Waals surface area (Å²) in [5, 5.41) is 2.04. The highest BCUT2D eigenvalue weighted by molar-refractivity contribution is 7.78. The van der Waals surface area contributed by atoms with E-state index in [1.165, 1.54) is 11.3 Å². The fourth-order valence-electron chi connectivity index (χ4n) is 0.646. The molecule has 0 fully saturated rings. The molecule has 0 N–H and O–H groups in total. The van der Waals surface area contributed by atoms with Gasteiger partial charge in [0.25, 0.3) is 5.91 Å². The summed E-state index contributed by atoms with van der Waals surface area (Å²) in [4.78, 5) is 16.0. The lowest BCUT2D eigenvalue weighted by Gasteiger charge is -1.81. The van der Waals surface area contributed by atoms with Gasteiger partial charge in [0.1, 0.15) is 0 Å². The molecule has 1 heterocycles. The summed E-state index contributed by atoms with van der Waals surface area (Å²) in [7, 11) is 0. The van der Waals surface area contributed by atoms with E-state index in [4.69, 9.17) is 0 Å². The minimum absolute atomic E-state index is 0.307. The molecule has 0 saturated carbocycles. The number of carbonyl (C=O) groups is 1. The minimum Gasteiger partial charge on any atom is -0.265 e. The molecule has 0 aromatic carbocycles. The van der Waals surface area contributed by atoms with Crippen LogP contribution in [-0.2, 0) is 0 Å². The van der Waals surface area contributed by atoms with Gasteiger partial charge in [0.2, 0.25) is 0 Å². The average Bonchev–Trinajstić information content (AvgIpc) is 2.36. The molecule has 11 heavy (non-hydrogen) atoms. The summed E-state index contributed by atoms with van der Waals surface area (Å²) < 4.78 is 0. The van der Waals surface area contributed by atoms with Crippen LogP contribution in [0.1, 0.15) is 14.5 Å². The monoisotopic (exact) mass is 183 g/mol. The molecule has 0 bridgehead atoms. The zero-order valence-electron chi connectivity index (χ0n) is 5.83. The predicted octanol–water partition coefficient (Wildman–Crippen LogP) is 2.30. The minimum atomic E-state index is -0.307. The first-order valence-corrected chi connectivity index (χ1v) is 4.15. The number of thiocarbonyl (C=S) groups is 1. The highest BCUT2D eigenvalue weighted by Gasteiger charge is 2.04. The van der Waals surface area contributed by atoms with E-state index in [9.17, 15) is 4.79 Å². The molecule has 0 aliphatic carbocycles. The van der Waals surface area contributed by atoms with Crippen molar-refractivity contribution in [2.45, 2.75) is 6.92 Å². The molecular formula is C7H5NOS2. The Morgan fingerprint density at radius 1 is 1.73 bits per heavy atom. The summed E-state index contributed by atoms with van der Waals surface area (Å²) in [6.45, 7) is 1.93. The lowest BCUT2D eigenvalue weighted by molar-refractivity contribution is 0.101. The van der Waals surface area contributed by atoms with E-state index in [1.54, 1.807) is 6.07 Å². The standard InChI is InChI=1S/C7H5NOS2/c1-5-2-3-6(11-5)7(9)8-4-10/h2-3H,1H3. The summed E-state index contributed by atoms with van der Waals surface area (Å²) in [6.07, 6.45) is 0. The number of aliphatic imine (C=N–C) groups is 1. The van der Waals surface area contributed by atoms with Crippen LogP contribution in [0.5, 0.6) is 0 Å². The molecule has 0 unspecified atom stereocenters. The van der Waals surface area contributed by atoms with E-state index < -0.39 is 0 Å². The first-order chi connectivity index (χ1) is 5.24. The van der Waals surface area contributed by atoms with Crippen molar-refractivity contribution in [2.75, 3.05) is 0 Å². The van der Waals surface area contributed by atoms with Crippen LogP contribution in [-0.4, -0.2) is 11.1 Å². The maximum Gasteiger partial charge on any atom is 0.295 e. The quantitative estimate of drug-likeness (QED) is 0.494. The van der Waals surface area contributed by atoms with Gasteiger partial charge in [-0.3, -0.25) is 4.79 Å². The Morgan fingerprint density at radius 3 is 2.91 bits per heavy atom. The molecule has 0 spiro atoms. The van der Waals surface area contributed by atoms with Gasteiger partial charge >= 0.3 is 0 Å². The smallest absolute Gasteiger partial charge is 0.265 e. The van der Waals surface area contributed by atoms with Gasteiger partial charge < -0.3 is 0 Å². The van der Waals surface area contributed by atoms with E-state index >= 15 is 0 Å². The van der Waals surface area contributed by atoms with Crippen LogP contribution in [0.4, 0.5) is 0 Å². The van der Waals surface area contributed by atoms with E-state index in [0.29, 0.717) is 4.88 Å². The molecule has 56 valence electrons. The predicted molar refractivity (Wildman–Crippen MR) is 48.4 cm³/mol. The molecule has 4 heteroatoms. The Bertz CT molecular complexity index is 323. The summed E-state index contributed by atoms with van der Waals surface area (Å²) in [6, 6.07) is 3.61. The Kier molecular flexibility index (Phi) is 2.65. The molecule has 0 aliphatic rings. The van der Waals surface area contributed by atoms with Gasteiger partial charge in [-0.1, -0.05) is 0 Å². The first-order valence-electron chi connectivity index (χ1n) is 2.92. The summed E-state index contributed by atoms with van der Waals surface area (Å²) >= 11 is 5.71. The number of hydrogen-bond donors (Lipinski definition) is 0. The first kappa shape index (κ1) is 8.27. The largest absolute Gasteiger partial charge is 0.295 e. The van der Waals surface area contributed by atoms with E-state index in [0.717, 1.165) is 4.88 Å². The van der Waals surface area contributed by atoms with Gasteiger partial charge in [0, 0.05) is 4.88 Å². The third kappa shape index (κ3) is 2.05. The fourth-order valence-corrected chi connectivity index (χ4v) is 1.48. The van der Waals surface area contributed by atoms with Crippen molar-refractivity contribution in [3.05, 3.63) is 21.9 Å². The molecule has 0 aliphatic heterocycles. The van der Waals surface area contributed by atoms with Crippen molar-refractivity contribution in [2.24, 2.45) is 4.99 Å². The Hall–Kier alpha value is -0.830. The lowest BCUT2D eigenvalue weighted by atomic mass is 10.4. The Labute approximate surface area is 73.6 Å². The molecule has 1 aromatic rings. The van der Waals surface area contributed by atoms with Crippen molar-refractivity contribution in [3.63, 3.8) is 0 Å². The maximum absolute atomic E-state index is 11.0. The third-order valence-corrected chi connectivity index (χ3v) is 2.18. The van der Waals surface area contributed by atoms with E-state index in [-0.39, 0.29) is 5.91 Å². The summed E-state index contributed by atoms with van der Waals surface area (Å²) in [5.74, 6) is -0.307. The zero-order chi connectivity index (χ0) is 8.27. The Morgan fingerprint density at radius 2 is 2.45 bits per heavy atom. The fraction of sp³-hybridized carbons (Fsp3) is 0.143. The number of aryl methyl sites for hydroxylation is 1. The molecule has 0 atom stereocenters. The van der Waals surface area contributed by atoms with Crippen LogP contribution in [0, 0.1) is 6.92 Å². The molecule has 1 amide bonds. The van der Waals surface area contributed by atoms with Gasteiger partial charge in [-0.05, 0) is 31.3 Å². The molecule has 2 nitrogen and oxygen atoms in total. The topological polar surface area (TPSA) is 29.4 Å². The second-order valence-corrected chi connectivity index (χ2v) is 3.39. The molecule has 1 rings (SSSR count). The van der Waals surface area contributed by atoms with Crippen molar-refractivity contribution >= 4 is 34.6 Å². The number of carbonyl (C=O) groups excluding carboxylic acids is 1. The van der Waals surface area contributed by atoms with Gasteiger partial charge in [-0.15, -0.1) is 11.3 Å². The summed E-state index contributed by atoms with van der Waals surface area (Å²) in [5.41, 5.74) is 0. The van der Waals surface area contributed by atoms with Crippen LogP contribution < -0.4 is 0 Å². The number of thiophene rings is 1. The highest BCUT2D eigenvalue weighted by atomic mass is 32.1. The number of amides is 1. The van der Waals surface area contributed by atoms with Crippen molar-refractivity contribution in [1.29, 1.82) is 0 Å². The van der Waals surface area contributed by atoms with Crippen molar-refractivity contribution in [1.82, 2.24) is 0 Å². The van der Waals surface area contributed by atoms with Gasteiger partial charge in [0.15, 0.2) is 0 Å². The number of isothiocyanates is 1. The maximum atomic E-state index is 11.0. The number of nitrogens with zero attached hydrogens (tertiary/aromatic N) is 1. The zero-order valence-corrected chi connectivity index (χ0v) is 7.46. The SMILES string of the molecule is Cc1ccc(C(=O)N=C=S)s1. The lowest BCUT2D eigenvalue weighted by Crippen LogP contribution is -1.87. The van der Waals surface area contributed by atoms with Crippen LogP contribution in [0.25, 0.3) is 0 Å². The Balaban J connectivity index is 2.93. The third-order valence-electron chi connectivity index (χ3n) is 1.10. The second kappa shape index (κ2) is 3.53. The molecule has 1 aromatic heterocycles. The average molecular weight is 183 g/mol. The highest BCUT2D eigenvalue weighted by Crippen LogP contribution is 2.15. The number of rotatable bonds is 1. The molecule has 0 radical (unpaired) electrons. The van der Waals surface area contributed by atoms with E-state index in [1.807, 2.05) is 18.2 Å². The van der Waals surface area contributed by atoms with Crippen molar-refractivity contribution < 1.29 is 4.79 Å². The van der Waals surface area contributed by atoms with Crippen LogP contribution >= 0.6 is 23.6 Å². The van der Waals surface area contributed by atoms with Crippen molar-refractivity contribution in [3.8, 4) is 0 Å². The van der Waals surface area contributed by atoms with Gasteiger partial charge in [0.05, 0.1) is 10.0 Å². The molecule has 0 saturated heterocycles. The van der Waals surface area contributed by atoms with Crippen LogP contribution in [0.15, 0.2) is 17.1 Å². The molecular weight excluding hydrogens is 178 g/mol.